The third-order valence-electron chi connectivity index (χ3n) is 5.72. The van der Waals surface area contributed by atoms with Crippen molar-refractivity contribution in [3.63, 3.8) is 0 Å². The van der Waals surface area contributed by atoms with E-state index in [1.807, 2.05) is 19.1 Å². The second kappa shape index (κ2) is 7.91. The first-order valence-electron chi connectivity index (χ1n) is 9.94. The highest BCUT2D eigenvalue weighted by atomic mass is 19.4. The fraction of sp³-hybridized carbons (Fsp3) is 0.455. The Hall–Kier alpha value is -2.61. The average molecular weight is 420 g/mol. The number of carboxylic acid groups (broad SMARTS) is 1. The van der Waals surface area contributed by atoms with Gasteiger partial charge >= 0.3 is 12.1 Å². The molecule has 0 spiro atoms. The lowest BCUT2D eigenvalue weighted by atomic mass is 9.98. The minimum atomic E-state index is -4.40. The number of pyridine rings is 1. The summed E-state index contributed by atoms with van der Waals surface area (Å²) < 4.78 is 45.8. The Morgan fingerprint density at radius 2 is 2.00 bits per heavy atom. The van der Waals surface area contributed by atoms with Crippen molar-refractivity contribution in [2.75, 3.05) is 13.1 Å². The number of aryl methyl sites for hydroxylation is 1. The smallest absolute Gasteiger partial charge is 0.416 e. The van der Waals surface area contributed by atoms with Gasteiger partial charge in [0.1, 0.15) is 12.4 Å². The Morgan fingerprint density at radius 3 is 2.60 bits per heavy atom. The number of nitrogens with zero attached hydrogens (tertiary/aromatic N) is 2. The van der Waals surface area contributed by atoms with Gasteiger partial charge in [-0.25, -0.2) is 0 Å². The summed E-state index contributed by atoms with van der Waals surface area (Å²) in [5.74, 6) is -0.533. The van der Waals surface area contributed by atoms with Gasteiger partial charge in [0.25, 0.3) is 0 Å². The molecule has 0 bridgehead atoms. The molecule has 1 aromatic carbocycles. The Kier molecular flexibility index (Phi) is 5.44. The monoisotopic (exact) mass is 420 g/mol. The van der Waals surface area contributed by atoms with Crippen LogP contribution in [0.3, 0.4) is 0 Å². The largest absolute Gasteiger partial charge is 0.487 e. The molecule has 8 heteroatoms. The summed E-state index contributed by atoms with van der Waals surface area (Å²) in [6.45, 7) is 3.63. The van der Waals surface area contributed by atoms with Crippen LogP contribution in [0.4, 0.5) is 13.2 Å². The molecule has 4 rings (SSSR count). The molecule has 2 fully saturated rings. The van der Waals surface area contributed by atoms with E-state index in [0.29, 0.717) is 25.4 Å². The lowest BCUT2D eigenvalue weighted by Crippen LogP contribution is -2.49. The van der Waals surface area contributed by atoms with Crippen LogP contribution in [0.1, 0.15) is 46.7 Å². The van der Waals surface area contributed by atoms with Gasteiger partial charge in [0, 0.05) is 25.8 Å². The number of likely N-dealkylation sites (tertiary alicyclic amines) is 1. The van der Waals surface area contributed by atoms with Crippen molar-refractivity contribution in [1.29, 1.82) is 0 Å². The van der Waals surface area contributed by atoms with Crippen LogP contribution in [0, 0.1) is 12.8 Å². The van der Waals surface area contributed by atoms with E-state index in [2.05, 4.69) is 9.88 Å². The Labute approximate surface area is 172 Å². The van der Waals surface area contributed by atoms with Crippen LogP contribution >= 0.6 is 0 Å². The van der Waals surface area contributed by atoms with Gasteiger partial charge < -0.3 is 9.84 Å². The van der Waals surface area contributed by atoms with Gasteiger partial charge in [0.05, 0.1) is 17.2 Å². The van der Waals surface area contributed by atoms with Gasteiger partial charge in [0.2, 0.25) is 0 Å². The first-order chi connectivity index (χ1) is 14.2. The highest BCUT2D eigenvalue weighted by Gasteiger charge is 2.38. The van der Waals surface area contributed by atoms with Gasteiger partial charge in [0.15, 0.2) is 0 Å². The predicted octanol–water partition coefficient (Wildman–Crippen LogP) is 4.38. The van der Waals surface area contributed by atoms with Crippen molar-refractivity contribution >= 4 is 5.97 Å². The number of rotatable bonds is 7. The van der Waals surface area contributed by atoms with E-state index in [0.717, 1.165) is 30.0 Å². The number of carboxylic acids is 1. The van der Waals surface area contributed by atoms with E-state index in [4.69, 9.17) is 9.84 Å². The summed E-state index contributed by atoms with van der Waals surface area (Å²) in [6, 6.07) is 6.62. The number of ether oxygens (including phenoxy) is 1. The van der Waals surface area contributed by atoms with E-state index >= 15 is 0 Å². The summed E-state index contributed by atoms with van der Waals surface area (Å²) in [5, 5.41) is 8.96. The van der Waals surface area contributed by atoms with Crippen molar-refractivity contribution in [3.05, 3.63) is 58.4 Å². The van der Waals surface area contributed by atoms with Crippen LogP contribution in [-0.4, -0.2) is 34.0 Å². The molecule has 0 radical (unpaired) electrons. The minimum absolute atomic E-state index is 0.0310. The maximum absolute atomic E-state index is 13.4. The first kappa shape index (κ1) is 20.7. The van der Waals surface area contributed by atoms with Crippen molar-refractivity contribution in [2.24, 2.45) is 5.92 Å². The molecular formula is C22H23F3N2O3. The Bertz CT molecular complexity index is 951. The summed E-state index contributed by atoms with van der Waals surface area (Å²) >= 11 is 0. The highest BCUT2D eigenvalue weighted by molar-refractivity contribution is 5.71. The van der Waals surface area contributed by atoms with E-state index in [1.165, 1.54) is 6.20 Å². The molecule has 1 saturated heterocycles. The Balaban J connectivity index is 1.38. The Morgan fingerprint density at radius 1 is 1.27 bits per heavy atom. The number of hydrogen-bond acceptors (Lipinski definition) is 4. The third-order valence-corrected chi connectivity index (χ3v) is 5.72. The topological polar surface area (TPSA) is 62.7 Å². The predicted molar refractivity (Wildman–Crippen MR) is 103 cm³/mol. The quantitative estimate of drug-likeness (QED) is 0.720. The van der Waals surface area contributed by atoms with Gasteiger partial charge in [-0.15, -0.1) is 0 Å². The number of aliphatic carboxylic acids is 1. The zero-order valence-corrected chi connectivity index (χ0v) is 16.6. The fourth-order valence-electron chi connectivity index (χ4n) is 3.74. The van der Waals surface area contributed by atoms with E-state index < -0.39 is 17.7 Å². The zero-order valence-electron chi connectivity index (χ0n) is 16.6. The molecular weight excluding hydrogens is 397 g/mol. The third kappa shape index (κ3) is 4.59. The molecule has 0 atom stereocenters. The minimum Gasteiger partial charge on any atom is -0.487 e. The van der Waals surface area contributed by atoms with Crippen LogP contribution in [0.2, 0.25) is 0 Å². The number of alkyl halides is 3. The SMILES string of the molecule is Cc1cc(OCc2cc(C(F)(F)F)c(C3CC3)cn2)ccc1CN1CC(C(=O)O)C1. The molecule has 160 valence electrons. The van der Waals surface area contributed by atoms with Crippen molar-refractivity contribution in [3.8, 4) is 5.75 Å². The van der Waals surface area contributed by atoms with Gasteiger partial charge in [-0.2, -0.15) is 13.2 Å². The average Bonchev–Trinajstić information content (AvgIpc) is 3.47. The second-order valence-corrected chi connectivity index (χ2v) is 8.14. The summed E-state index contributed by atoms with van der Waals surface area (Å²) in [5.41, 5.74) is 1.97. The molecule has 2 aliphatic rings. The normalized spacial score (nSPS) is 17.6. The molecule has 1 saturated carbocycles. The number of benzene rings is 1. The molecule has 30 heavy (non-hydrogen) atoms. The maximum atomic E-state index is 13.4. The molecule has 1 aliphatic carbocycles. The molecule has 2 aromatic rings. The maximum Gasteiger partial charge on any atom is 0.416 e. The molecule has 5 nitrogen and oxygen atoms in total. The van der Waals surface area contributed by atoms with Crippen LogP contribution in [0.15, 0.2) is 30.5 Å². The van der Waals surface area contributed by atoms with E-state index in [1.54, 1.807) is 6.07 Å². The van der Waals surface area contributed by atoms with Crippen LogP contribution in [0.5, 0.6) is 5.75 Å². The summed E-state index contributed by atoms with van der Waals surface area (Å²) in [4.78, 5) is 17.1. The van der Waals surface area contributed by atoms with Crippen LogP contribution in [-0.2, 0) is 24.1 Å². The number of carbonyl (C=O) groups is 1. The molecule has 1 N–H and O–H groups in total. The first-order valence-corrected chi connectivity index (χ1v) is 9.94. The van der Waals surface area contributed by atoms with E-state index in [9.17, 15) is 18.0 Å². The van der Waals surface area contributed by atoms with Crippen molar-refractivity contribution < 1.29 is 27.8 Å². The molecule has 1 aliphatic heterocycles. The molecule has 1 aromatic heterocycles. The highest BCUT2D eigenvalue weighted by Crippen LogP contribution is 2.45. The number of hydrogen-bond donors (Lipinski definition) is 1. The van der Waals surface area contributed by atoms with Gasteiger partial charge in [-0.05, 0) is 60.6 Å². The zero-order chi connectivity index (χ0) is 21.5. The lowest BCUT2D eigenvalue weighted by molar-refractivity contribution is -0.147. The molecule has 2 heterocycles. The van der Waals surface area contributed by atoms with Crippen molar-refractivity contribution in [1.82, 2.24) is 9.88 Å². The van der Waals surface area contributed by atoms with Gasteiger partial charge in [-0.3, -0.25) is 14.7 Å². The standard InChI is InChI=1S/C22H23F3N2O3/c1-13-6-18(5-4-15(13)9-27-10-16(11-27)21(28)29)30-12-17-7-20(22(23,24)25)19(8-26-17)14-2-3-14/h4-8,14,16H,2-3,9-12H2,1H3,(H,28,29). The molecule has 0 amide bonds. The van der Waals surface area contributed by atoms with E-state index in [-0.39, 0.29) is 29.7 Å². The fourth-order valence-corrected chi connectivity index (χ4v) is 3.74. The summed E-state index contributed by atoms with van der Waals surface area (Å²) in [6.07, 6.45) is -1.50. The number of aromatic nitrogens is 1. The molecule has 0 unspecified atom stereocenters. The van der Waals surface area contributed by atoms with Crippen LogP contribution in [0.25, 0.3) is 0 Å². The van der Waals surface area contributed by atoms with Crippen molar-refractivity contribution in [2.45, 2.75) is 45.0 Å². The second-order valence-electron chi connectivity index (χ2n) is 8.14. The van der Waals surface area contributed by atoms with Crippen LogP contribution < -0.4 is 4.74 Å². The lowest BCUT2D eigenvalue weighted by Gasteiger charge is -2.36. The number of halogens is 3. The summed E-state index contributed by atoms with van der Waals surface area (Å²) in [7, 11) is 0. The van der Waals surface area contributed by atoms with Gasteiger partial charge in [-0.1, -0.05) is 6.07 Å².